The van der Waals surface area contributed by atoms with Crippen LogP contribution in [-0.4, -0.2) is 21.8 Å². The molecule has 0 saturated carbocycles. The number of carbonyl (C=O) groups excluding carboxylic acids is 1. The van der Waals surface area contributed by atoms with Crippen LogP contribution in [-0.2, 0) is 6.42 Å². The molecule has 0 atom stereocenters. The molecule has 0 fully saturated rings. The van der Waals surface area contributed by atoms with Gasteiger partial charge in [0.1, 0.15) is 11.3 Å². The van der Waals surface area contributed by atoms with Crippen molar-refractivity contribution >= 4 is 33.2 Å². The zero-order valence-electron chi connectivity index (χ0n) is 13.9. The summed E-state index contributed by atoms with van der Waals surface area (Å²) >= 11 is 3.49. The van der Waals surface area contributed by atoms with E-state index in [1.807, 2.05) is 60.0 Å². The van der Waals surface area contributed by atoms with E-state index < -0.39 is 0 Å². The predicted octanol–water partition coefficient (Wildman–Crippen LogP) is 4.72. The fourth-order valence-electron chi connectivity index (χ4n) is 2.88. The maximum atomic E-state index is 13.3. The number of rotatable bonds is 5. The van der Waals surface area contributed by atoms with E-state index in [0.717, 1.165) is 34.3 Å². The smallest absolute Gasteiger partial charge is 0.277 e. The number of aromatic nitrogens is 2. The lowest BCUT2D eigenvalue weighted by Crippen LogP contribution is -2.32. The number of benzene rings is 1. The average Bonchev–Trinajstić information content (AvgIpc) is 2.94. The van der Waals surface area contributed by atoms with Gasteiger partial charge in [0.05, 0.1) is 5.69 Å². The van der Waals surface area contributed by atoms with E-state index in [9.17, 15) is 4.79 Å². The Hall–Kier alpha value is -2.14. The third-order valence-electron chi connectivity index (χ3n) is 3.97. The molecular weight excluding hydrogens is 366 g/mol. The topological polar surface area (TPSA) is 37.6 Å². The van der Waals surface area contributed by atoms with Crippen molar-refractivity contribution < 1.29 is 4.79 Å². The number of para-hydroxylation sites is 1. The zero-order chi connectivity index (χ0) is 17.1. The summed E-state index contributed by atoms with van der Waals surface area (Å²) in [5, 5.41) is 0. The summed E-state index contributed by atoms with van der Waals surface area (Å²) in [6, 6.07) is 13.6. The molecule has 0 aliphatic heterocycles. The van der Waals surface area contributed by atoms with Crippen molar-refractivity contribution in [3.05, 3.63) is 64.5 Å². The highest BCUT2D eigenvalue weighted by Crippen LogP contribution is 2.22. The number of hydrogen-bond acceptors (Lipinski definition) is 2. The van der Waals surface area contributed by atoms with E-state index in [1.54, 1.807) is 4.90 Å². The highest BCUT2D eigenvalue weighted by atomic mass is 79.9. The van der Waals surface area contributed by atoms with E-state index in [1.165, 1.54) is 0 Å². The molecule has 24 heavy (non-hydrogen) atoms. The van der Waals surface area contributed by atoms with Gasteiger partial charge < -0.3 is 4.90 Å². The lowest BCUT2D eigenvalue weighted by atomic mass is 10.2. The molecule has 4 nitrogen and oxygen atoms in total. The van der Waals surface area contributed by atoms with Crippen LogP contribution in [0.25, 0.3) is 5.65 Å². The molecule has 3 rings (SSSR count). The molecule has 0 N–H and O–H groups in total. The molecule has 3 aromatic rings. The van der Waals surface area contributed by atoms with Crippen LogP contribution in [0.2, 0.25) is 0 Å². The van der Waals surface area contributed by atoms with Gasteiger partial charge in [-0.15, -0.1) is 0 Å². The second-order valence-corrected chi connectivity index (χ2v) is 6.53. The van der Waals surface area contributed by atoms with Gasteiger partial charge in [0, 0.05) is 22.9 Å². The fourth-order valence-corrected chi connectivity index (χ4v) is 3.22. The highest BCUT2D eigenvalue weighted by Gasteiger charge is 2.24. The Balaban J connectivity index is 2.14. The molecule has 0 saturated heterocycles. The normalized spacial score (nSPS) is 11.0. The van der Waals surface area contributed by atoms with Gasteiger partial charge in [0.15, 0.2) is 0 Å². The summed E-state index contributed by atoms with van der Waals surface area (Å²) in [6.45, 7) is 4.70. The number of amides is 1. The van der Waals surface area contributed by atoms with Crippen molar-refractivity contribution in [2.24, 2.45) is 0 Å². The first-order chi connectivity index (χ1) is 11.7. The SMILES string of the molecule is CCCc1nc2ccc(Br)cn2c1C(=O)N(CC)c1ccccc1. The van der Waals surface area contributed by atoms with Crippen LogP contribution in [0.3, 0.4) is 0 Å². The van der Waals surface area contributed by atoms with E-state index in [2.05, 4.69) is 27.8 Å². The van der Waals surface area contributed by atoms with Crippen molar-refractivity contribution in [3.8, 4) is 0 Å². The minimum absolute atomic E-state index is 0.0160. The Labute approximate surface area is 150 Å². The lowest BCUT2D eigenvalue weighted by molar-refractivity contribution is 0.0981. The molecule has 2 aromatic heterocycles. The number of pyridine rings is 1. The number of hydrogen-bond donors (Lipinski definition) is 0. The number of fused-ring (bicyclic) bond motifs is 1. The van der Waals surface area contributed by atoms with Crippen molar-refractivity contribution in [1.82, 2.24) is 9.38 Å². The number of carbonyl (C=O) groups is 1. The molecule has 124 valence electrons. The molecule has 0 aliphatic carbocycles. The minimum atomic E-state index is -0.0160. The predicted molar refractivity (Wildman–Crippen MR) is 101 cm³/mol. The molecule has 2 heterocycles. The second-order valence-electron chi connectivity index (χ2n) is 5.62. The van der Waals surface area contributed by atoms with E-state index >= 15 is 0 Å². The van der Waals surface area contributed by atoms with Crippen molar-refractivity contribution in [2.75, 3.05) is 11.4 Å². The number of aryl methyl sites for hydroxylation is 1. The van der Waals surface area contributed by atoms with E-state index in [0.29, 0.717) is 12.2 Å². The van der Waals surface area contributed by atoms with Gasteiger partial charge in [-0.25, -0.2) is 4.98 Å². The van der Waals surface area contributed by atoms with Gasteiger partial charge in [-0.05, 0) is 53.5 Å². The molecule has 0 aliphatic rings. The summed E-state index contributed by atoms with van der Waals surface area (Å²) in [7, 11) is 0. The highest BCUT2D eigenvalue weighted by molar-refractivity contribution is 9.10. The Morgan fingerprint density at radius 3 is 2.58 bits per heavy atom. The van der Waals surface area contributed by atoms with Crippen molar-refractivity contribution in [2.45, 2.75) is 26.7 Å². The Bertz CT molecular complexity index is 858. The summed E-state index contributed by atoms with van der Waals surface area (Å²) in [6.07, 6.45) is 3.64. The molecule has 0 spiro atoms. The molecule has 0 radical (unpaired) electrons. The average molecular weight is 386 g/mol. The Morgan fingerprint density at radius 1 is 1.17 bits per heavy atom. The van der Waals surface area contributed by atoms with Crippen LogP contribution in [0.15, 0.2) is 53.1 Å². The zero-order valence-corrected chi connectivity index (χ0v) is 15.5. The Kier molecular flexibility index (Phi) is 5.00. The summed E-state index contributed by atoms with van der Waals surface area (Å²) in [5.74, 6) is -0.0160. The van der Waals surface area contributed by atoms with Crippen LogP contribution in [0.5, 0.6) is 0 Å². The third-order valence-corrected chi connectivity index (χ3v) is 4.44. The molecular formula is C19H20BrN3O. The third kappa shape index (κ3) is 3.08. The minimum Gasteiger partial charge on any atom is -0.307 e. The van der Waals surface area contributed by atoms with Crippen LogP contribution in [0.4, 0.5) is 5.69 Å². The first kappa shape index (κ1) is 16.7. The number of halogens is 1. The summed E-state index contributed by atoms with van der Waals surface area (Å²) in [4.78, 5) is 19.8. The molecule has 5 heteroatoms. The number of nitrogens with zero attached hydrogens (tertiary/aromatic N) is 3. The monoisotopic (exact) mass is 385 g/mol. The lowest BCUT2D eigenvalue weighted by Gasteiger charge is -2.21. The van der Waals surface area contributed by atoms with Gasteiger partial charge in [0.25, 0.3) is 5.91 Å². The largest absolute Gasteiger partial charge is 0.307 e. The molecule has 0 bridgehead atoms. The second kappa shape index (κ2) is 7.18. The van der Waals surface area contributed by atoms with E-state index in [-0.39, 0.29) is 5.91 Å². The van der Waals surface area contributed by atoms with Gasteiger partial charge in [0.2, 0.25) is 0 Å². The van der Waals surface area contributed by atoms with Crippen LogP contribution >= 0.6 is 15.9 Å². The first-order valence-electron chi connectivity index (χ1n) is 8.19. The van der Waals surface area contributed by atoms with Crippen LogP contribution in [0, 0.1) is 0 Å². The Morgan fingerprint density at radius 2 is 1.92 bits per heavy atom. The first-order valence-corrected chi connectivity index (χ1v) is 8.98. The quantitative estimate of drug-likeness (QED) is 0.637. The number of anilines is 1. The fraction of sp³-hybridized carbons (Fsp3) is 0.263. The summed E-state index contributed by atoms with van der Waals surface area (Å²) < 4.78 is 2.82. The van der Waals surface area contributed by atoms with Gasteiger partial charge in [-0.3, -0.25) is 9.20 Å². The molecule has 1 aromatic carbocycles. The van der Waals surface area contributed by atoms with Crippen LogP contribution < -0.4 is 4.90 Å². The van der Waals surface area contributed by atoms with Gasteiger partial charge in [-0.1, -0.05) is 31.5 Å². The van der Waals surface area contributed by atoms with Gasteiger partial charge >= 0.3 is 0 Å². The maximum Gasteiger partial charge on any atom is 0.277 e. The van der Waals surface area contributed by atoms with Crippen molar-refractivity contribution in [1.29, 1.82) is 0 Å². The standard InChI is InChI=1S/C19H20BrN3O/c1-3-8-16-18(23-13-14(20)11-12-17(23)21-16)19(24)22(4-2)15-9-6-5-7-10-15/h5-7,9-13H,3-4,8H2,1-2H3. The van der Waals surface area contributed by atoms with E-state index in [4.69, 9.17) is 0 Å². The molecule has 1 amide bonds. The van der Waals surface area contributed by atoms with Crippen molar-refractivity contribution in [3.63, 3.8) is 0 Å². The van der Waals surface area contributed by atoms with Crippen LogP contribution in [0.1, 0.15) is 36.5 Å². The van der Waals surface area contributed by atoms with Gasteiger partial charge in [-0.2, -0.15) is 0 Å². The molecule has 0 unspecified atom stereocenters. The maximum absolute atomic E-state index is 13.3. The number of imidazole rings is 1. The summed E-state index contributed by atoms with van der Waals surface area (Å²) in [5.41, 5.74) is 3.21.